The average Bonchev–Trinajstić information content (AvgIpc) is 2.03. The molecule has 0 heterocycles. The molecule has 0 aliphatic heterocycles. The van der Waals surface area contributed by atoms with Crippen molar-refractivity contribution in [3.8, 4) is 0 Å². The van der Waals surface area contributed by atoms with Crippen LogP contribution in [-0.4, -0.2) is 25.0 Å². The molecule has 0 amide bonds. The maximum Gasteiger partial charge on any atom is 0.00608 e. The van der Waals surface area contributed by atoms with Crippen LogP contribution in [0, 0.1) is 0 Å². The van der Waals surface area contributed by atoms with Gasteiger partial charge in [0.25, 0.3) is 0 Å². The molecule has 1 heteroatoms. The van der Waals surface area contributed by atoms with Crippen LogP contribution in [0.4, 0.5) is 0 Å². The van der Waals surface area contributed by atoms with Gasteiger partial charge in [-0.1, -0.05) is 18.9 Å². The lowest BCUT2D eigenvalue weighted by Gasteiger charge is -2.19. The molecular weight excluding hydrogens is 146 g/mol. The lowest BCUT2D eigenvalue weighted by Crippen LogP contribution is -2.24. The summed E-state index contributed by atoms with van der Waals surface area (Å²) in [5.41, 5.74) is 0. The maximum absolute atomic E-state index is 3.71. The fraction of sp³-hybridized carbons (Fsp3) is 0.818. The van der Waals surface area contributed by atoms with Crippen molar-refractivity contribution in [2.75, 3.05) is 14.1 Å². The van der Waals surface area contributed by atoms with Gasteiger partial charge in [0.15, 0.2) is 0 Å². The van der Waals surface area contributed by atoms with Gasteiger partial charge in [-0.15, -0.1) is 6.58 Å². The second-order valence-electron chi connectivity index (χ2n) is 3.74. The number of unbranched alkanes of at least 4 members (excludes halogenated alkanes) is 3. The van der Waals surface area contributed by atoms with Crippen LogP contribution < -0.4 is 0 Å². The molecule has 0 aromatic heterocycles. The molecule has 0 N–H and O–H groups in total. The first-order chi connectivity index (χ1) is 5.68. The smallest absolute Gasteiger partial charge is 0.00608 e. The minimum absolute atomic E-state index is 0.730. The summed E-state index contributed by atoms with van der Waals surface area (Å²) in [7, 11) is 4.29. The summed E-state index contributed by atoms with van der Waals surface area (Å²) < 4.78 is 0. The zero-order chi connectivity index (χ0) is 9.40. The van der Waals surface area contributed by atoms with Gasteiger partial charge in [-0.3, -0.25) is 0 Å². The van der Waals surface area contributed by atoms with E-state index in [2.05, 4.69) is 32.5 Å². The Labute approximate surface area is 77.5 Å². The van der Waals surface area contributed by atoms with Gasteiger partial charge < -0.3 is 4.90 Å². The predicted molar refractivity (Wildman–Crippen MR) is 56.4 cm³/mol. The molecule has 0 saturated heterocycles. The maximum atomic E-state index is 3.71. The minimum Gasteiger partial charge on any atom is -0.307 e. The Kier molecular flexibility index (Phi) is 7.17. The van der Waals surface area contributed by atoms with E-state index in [1.807, 2.05) is 6.08 Å². The van der Waals surface area contributed by atoms with Crippen LogP contribution in [0.3, 0.4) is 0 Å². The van der Waals surface area contributed by atoms with Gasteiger partial charge in [0.1, 0.15) is 0 Å². The molecule has 0 rings (SSSR count). The first-order valence-corrected chi connectivity index (χ1v) is 4.95. The van der Waals surface area contributed by atoms with Crippen molar-refractivity contribution in [3.05, 3.63) is 12.7 Å². The van der Waals surface area contributed by atoms with Gasteiger partial charge in [0.2, 0.25) is 0 Å². The molecule has 0 aromatic rings. The van der Waals surface area contributed by atoms with E-state index in [0.29, 0.717) is 0 Å². The van der Waals surface area contributed by atoms with Crippen molar-refractivity contribution in [1.29, 1.82) is 0 Å². The minimum atomic E-state index is 0.730. The molecule has 72 valence electrons. The largest absolute Gasteiger partial charge is 0.307 e. The molecule has 0 bridgehead atoms. The Hall–Kier alpha value is -0.300. The molecule has 0 aliphatic carbocycles. The van der Waals surface area contributed by atoms with E-state index in [1.165, 1.54) is 32.1 Å². The fourth-order valence-electron chi connectivity index (χ4n) is 1.16. The molecule has 0 radical (unpaired) electrons. The van der Waals surface area contributed by atoms with Gasteiger partial charge in [0, 0.05) is 6.04 Å². The Bertz CT molecular complexity index is 108. The highest BCUT2D eigenvalue weighted by molar-refractivity contribution is 4.66. The summed E-state index contributed by atoms with van der Waals surface area (Å²) in [5.74, 6) is 0. The van der Waals surface area contributed by atoms with Crippen molar-refractivity contribution in [1.82, 2.24) is 4.90 Å². The summed E-state index contributed by atoms with van der Waals surface area (Å²) in [4.78, 5) is 2.29. The first kappa shape index (κ1) is 11.7. The Morgan fingerprint density at radius 1 is 1.25 bits per heavy atom. The molecule has 0 aromatic carbocycles. The van der Waals surface area contributed by atoms with E-state index in [-0.39, 0.29) is 0 Å². The van der Waals surface area contributed by atoms with Crippen molar-refractivity contribution >= 4 is 0 Å². The molecule has 0 spiro atoms. The average molecular weight is 169 g/mol. The molecule has 0 aliphatic rings. The lowest BCUT2D eigenvalue weighted by atomic mass is 10.1. The third kappa shape index (κ3) is 6.41. The molecule has 0 fully saturated rings. The quantitative estimate of drug-likeness (QED) is 0.418. The van der Waals surface area contributed by atoms with Gasteiger partial charge in [-0.25, -0.2) is 0 Å². The van der Waals surface area contributed by atoms with Crippen molar-refractivity contribution in [3.63, 3.8) is 0 Å². The summed E-state index contributed by atoms with van der Waals surface area (Å²) in [6.45, 7) is 6.00. The van der Waals surface area contributed by atoms with Gasteiger partial charge >= 0.3 is 0 Å². The first-order valence-electron chi connectivity index (χ1n) is 4.95. The van der Waals surface area contributed by atoms with Gasteiger partial charge in [0.05, 0.1) is 0 Å². The SMILES string of the molecule is C=CCCCCCC(C)N(C)C. The molecule has 1 nitrogen and oxygen atoms in total. The summed E-state index contributed by atoms with van der Waals surface area (Å²) in [6, 6.07) is 0.730. The van der Waals surface area contributed by atoms with Crippen molar-refractivity contribution in [2.45, 2.75) is 45.1 Å². The zero-order valence-electron chi connectivity index (χ0n) is 8.84. The second-order valence-corrected chi connectivity index (χ2v) is 3.74. The highest BCUT2D eigenvalue weighted by Crippen LogP contribution is 2.08. The molecule has 0 saturated carbocycles. The van der Waals surface area contributed by atoms with Crippen LogP contribution in [0.15, 0.2) is 12.7 Å². The van der Waals surface area contributed by atoms with Gasteiger partial charge in [-0.05, 0) is 40.3 Å². The zero-order valence-corrected chi connectivity index (χ0v) is 8.84. The summed E-state index contributed by atoms with van der Waals surface area (Å²) in [5, 5.41) is 0. The third-order valence-corrected chi connectivity index (χ3v) is 2.41. The second kappa shape index (κ2) is 7.35. The van der Waals surface area contributed by atoms with Crippen LogP contribution in [0.1, 0.15) is 39.0 Å². The summed E-state index contributed by atoms with van der Waals surface area (Å²) >= 11 is 0. The van der Waals surface area contributed by atoms with Crippen LogP contribution in [0.25, 0.3) is 0 Å². The van der Waals surface area contributed by atoms with Crippen molar-refractivity contribution in [2.24, 2.45) is 0 Å². The topological polar surface area (TPSA) is 3.24 Å². The fourth-order valence-corrected chi connectivity index (χ4v) is 1.16. The standard InChI is InChI=1S/C11H23N/c1-5-6-7-8-9-10-11(2)12(3)4/h5,11H,1,6-10H2,2-4H3. The molecule has 1 atom stereocenters. The molecular formula is C11H23N. The van der Waals surface area contributed by atoms with Crippen LogP contribution in [-0.2, 0) is 0 Å². The number of nitrogens with zero attached hydrogens (tertiary/aromatic N) is 1. The predicted octanol–water partition coefficient (Wildman–Crippen LogP) is 3.07. The van der Waals surface area contributed by atoms with E-state index < -0.39 is 0 Å². The molecule has 12 heavy (non-hydrogen) atoms. The number of hydrogen-bond acceptors (Lipinski definition) is 1. The third-order valence-electron chi connectivity index (χ3n) is 2.41. The Balaban J connectivity index is 3.13. The van der Waals surface area contributed by atoms with Crippen LogP contribution in [0.2, 0.25) is 0 Å². The number of rotatable bonds is 7. The lowest BCUT2D eigenvalue weighted by molar-refractivity contribution is 0.291. The Morgan fingerprint density at radius 2 is 1.92 bits per heavy atom. The van der Waals surface area contributed by atoms with Crippen molar-refractivity contribution < 1.29 is 0 Å². The van der Waals surface area contributed by atoms with E-state index in [1.54, 1.807) is 0 Å². The van der Waals surface area contributed by atoms with Gasteiger partial charge in [-0.2, -0.15) is 0 Å². The van der Waals surface area contributed by atoms with E-state index in [9.17, 15) is 0 Å². The van der Waals surface area contributed by atoms with Crippen LogP contribution >= 0.6 is 0 Å². The number of allylic oxidation sites excluding steroid dienone is 1. The normalized spacial score (nSPS) is 13.3. The van der Waals surface area contributed by atoms with E-state index >= 15 is 0 Å². The Morgan fingerprint density at radius 3 is 2.42 bits per heavy atom. The van der Waals surface area contributed by atoms with E-state index in [4.69, 9.17) is 0 Å². The van der Waals surface area contributed by atoms with E-state index in [0.717, 1.165) is 6.04 Å². The molecule has 1 unspecified atom stereocenters. The highest BCUT2D eigenvalue weighted by atomic mass is 15.1. The number of hydrogen-bond donors (Lipinski definition) is 0. The highest BCUT2D eigenvalue weighted by Gasteiger charge is 2.02. The monoisotopic (exact) mass is 169 g/mol. The van der Waals surface area contributed by atoms with Crippen LogP contribution in [0.5, 0.6) is 0 Å². The summed E-state index contributed by atoms with van der Waals surface area (Å²) in [6.07, 6.45) is 8.52.